The molecule has 1 unspecified atom stereocenters. The van der Waals surface area contributed by atoms with Crippen molar-refractivity contribution in [2.45, 2.75) is 44.9 Å². The number of H-pyrrole nitrogens is 1. The number of benzene rings is 1. The Balaban J connectivity index is 1.43. The van der Waals surface area contributed by atoms with Crippen LogP contribution in [0, 0.1) is 5.82 Å². The number of hydrogen-bond acceptors (Lipinski definition) is 4. The highest BCUT2D eigenvalue weighted by Crippen LogP contribution is 2.34. The first-order chi connectivity index (χ1) is 13.5. The van der Waals surface area contributed by atoms with Gasteiger partial charge in [0.05, 0.1) is 10.7 Å². The summed E-state index contributed by atoms with van der Waals surface area (Å²) in [7, 11) is 0. The van der Waals surface area contributed by atoms with Gasteiger partial charge in [-0.3, -0.25) is 14.8 Å². The van der Waals surface area contributed by atoms with Crippen LogP contribution in [0.15, 0.2) is 18.2 Å². The quantitative estimate of drug-likeness (QED) is 0.822. The van der Waals surface area contributed by atoms with E-state index in [9.17, 15) is 14.3 Å². The van der Waals surface area contributed by atoms with Crippen molar-refractivity contribution in [1.82, 2.24) is 20.0 Å². The van der Waals surface area contributed by atoms with E-state index in [0.717, 1.165) is 29.7 Å². The second-order valence-electron chi connectivity index (χ2n) is 7.59. The van der Waals surface area contributed by atoms with Gasteiger partial charge in [-0.2, -0.15) is 5.10 Å². The van der Waals surface area contributed by atoms with Gasteiger partial charge in [0.2, 0.25) is 0 Å². The number of piperidine rings is 1. The topological polar surface area (TPSA) is 72.5 Å². The second kappa shape index (κ2) is 7.81. The van der Waals surface area contributed by atoms with Crippen molar-refractivity contribution >= 4 is 17.5 Å². The van der Waals surface area contributed by atoms with E-state index in [1.54, 1.807) is 13.0 Å². The number of aliphatic hydroxyl groups is 1. The second-order valence-corrected chi connectivity index (χ2v) is 7.97. The van der Waals surface area contributed by atoms with Crippen molar-refractivity contribution < 1.29 is 14.3 Å². The molecule has 3 heterocycles. The van der Waals surface area contributed by atoms with Crippen LogP contribution < -0.4 is 0 Å². The van der Waals surface area contributed by atoms with Crippen molar-refractivity contribution in [3.63, 3.8) is 0 Å². The summed E-state index contributed by atoms with van der Waals surface area (Å²) >= 11 is 6.13. The molecule has 2 aliphatic heterocycles. The Bertz CT molecular complexity index is 877. The first-order valence-electron chi connectivity index (χ1n) is 9.67. The molecule has 0 radical (unpaired) electrons. The molecule has 2 N–H and O–H groups in total. The van der Waals surface area contributed by atoms with Crippen molar-refractivity contribution in [2.75, 3.05) is 19.6 Å². The van der Waals surface area contributed by atoms with Gasteiger partial charge in [0, 0.05) is 31.7 Å². The zero-order valence-corrected chi connectivity index (χ0v) is 16.5. The van der Waals surface area contributed by atoms with Gasteiger partial charge in [0.1, 0.15) is 12.0 Å². The summed E-state index contributed by atoms with van der Waals surface area (Å²) in [6.07, 6.45) is 1.66. The van der Waals surface area contributed by atoms with E-state index in [4.69, 9.17) is 11.6 Å². The van der Waals surface area contributed by atoms with Crippen LogP contribution in [0.1, 0.15) is 53.0 Å². The van der Waals surface area contributed by atoms with Crippen LogP contribution in [0.25, 0.3) is 0 Å². The first-order valence-corrected chi connectivity index (χ1v) is 10.0. The molecule has 2 aliphatic rings. The lowest BCUT2D eigenvalue weighted by atomic mass is 9.89. The number of rotatable bonds is 3. The van der Waals surface area contributed by atoms with Gasteiger partial charge < -0.3 is 10.0 Å². The fourth-order valence-corrected chi connectivity index (χ4v) is 4.49. The molecule has 1 aromatic carbocycles. The summed E-state index contributed by atoms with van der Waals surface area (Å²) in [4.78, 5) is 16.8. The van der Waals surface area contributed by atoms with E-state index >= 15 is 0 Å². The molecular formula is C20H24ClFN4O2. The lowest BCUT2D eigenvalue weighted by Crippen LogP contribution is -2.40. The Kier molecular flexibility index (Phi) is 5.40. The number of aliphatic hydroxyl groups excluding tert-OH is 1. The molecule has 0 saturated carbocycles. The normalized spacial score (nSPS) is 19.5. The van der Waals surface area contributed by atoms with Crippen molar-refractivity contribution in [2.24, 2.45) is 0 Å². The van der Waals surface area contributed by atoms with Gasteiger partial charge in [0.15, 0.2) is 5.69 Å². The van der Waals surface area contributed by atoms with Gasteiger partial charge in [0.25, 0.3) is 5.91 Å². The minimum absolute atomic E-state index is 0.0632. The van der Waals surface area contributed by atoms with Crippen molar-refractivity contribution in [3.05, 3.63) is 51.6 Å². The Labute approximate surface area is 168 Å². The van der Waals surface area contributed by atoms with Gasteiger partial charge in [-0.25, -0.2) is 4.39 Å². The number of carbonyl (C=O) groups excluding carboxylic acids is 1. The number of likely N-dealkylation sites (tertiary alicyclic amines) is 1. The molecule has 28 heavy (non-hydrogen) atoms. The molecule has 1 aromatic heterocycles. The van der Waals surface area contributed by atoms with Crippen LogP contribution in [0.3, 0.4) is 0 Å². The zero-order valence-electron chi connectivity index (χ0n) is 15.8. The van der Waals surface area contributed by atoms with Crippen LogP contribution >= 0.6 is 11.6 Å². The highest BCUT2D eigenvalue weighted by atomic mass is 35.5. The maximum absolute atomic E-state index is 13.7. The highest BCUT2D eigenvalue weighted by Gasteiger charge is 2.31. The third kappa shape index (κ3) is 3.54. The summed E-state index contributed by atoms with van der Waals surface area (Å²) in [6, 6.07) is 4.91. The number of aromatic nitrogens is 2. The summed E-state index contributed by atoms with van der Waals surface area (Å²) in [5.74, 6) is -0.307. The van der Waals surface area contributed by atoms with E-state index in [1.165, 1.54) is 6.07 Å². The largest absolute Gasteiger partial charge is 0.379 e. The molecule has 1 atom stereocenters. The molecule has 1 saturated heterocycles. The van der Waals surface area contributed by atoms with Gasteiger partial charge in [-0.1, -0.05) is 23.7 Å². The van der Waals surface area contributed by atoms with Crippen LogP contribution in [0.2, 0.25) is 5.02 Å². The molecule has 150 valence electrons. The number of carbonyl (C=O) groups is 1. The maximum Gasteiger partial charge on any atom is 0.274 e. The average molecular weight is 407 g/mol. The van der Waals surface area contributed by atoms with E-state index in [0.29, 0.717) is 38.3 Å². The Hall–Kier alpha value is -1.96. The van der Waals surface area contributed by atoms with Gasteiger partial charge >= 0.3 is 0 Å². The van der Waals surface area contributed by atoms with E-state index in [1.807, 2.05) is 15.9 Å². The molecule has 1 fully saturated rings. The molecule has 0 bridgehead atoms. The summed E-state index contributed by atoms with van der Waals surface area (Å²) in [6.45, 7) is 4.19. The Morgan fingerprint density at radius 3 is 2.82 bits per heavy atom. The predicted octanol–water partition coefficient (Wildman–Crippen LogP) is 2.92. The Morgan fingerprint density at radius 1 is 1.36 bits per heavy atom. The molecule has 4 rings (SSSR count). The van der Waals surface area contributed by atoms with Crippen molar-refractivity contribution in [3.8, 4) is 0 Å². The van der Waals surface area contributed by atoms with E-state index in [2.05, 4.69) is 10.2 Å². The molecule has 0 spiro atoms. The minimum Gasteiger partial charge on any atom is -0.379 e. The van der Waals surface area contributed by atoms with E-state index in [-0.39, 0.29) is 16.8 Å². The third-order valence-corrected chi connectivity index (χ3v) is 6.30. The maximum atomic E-state index is 13.7. The lowest BCUT2D eigenvalue weighted by molar-refractivity contribution is 0.00831. The smallest absolute Gasteiger partial charge is 0.274 e. The highest BCUT2D eigenvalue weighted by molar-refractivity contribution is 6.31. The number of nitrogens with one attached hydrogen (secondary N) is 1. The number of halogens is 2. The monoisotopic (exact) mass is 406 g/mol. The first kappa shape index (κ1) is 19.4. The summed E-state index contributed by atoms with van der Waals surface area (Å²) in [5, 5.41) is 17.2. The summed E-state index contributed by atoms with van der Waals surface area (Å²) in [5.41, 5.74) is 3.17. The van der Waals surface area contributed by atoms with Crippen LogP contribution in [-0.4, -0.2) is 56.9 Å². The molecule has 6 nitrogen and oxygen atoms in total. The molecule has 8 heteroatoms. The number of amides is 1. The van der Waals surface area contributed by atoms with Crippen molar-refractivity contribution in [1.29, 1.82) is 0 Å². The minimum atomic E-state index is -0.524. The zero-order chi connectivity index (χ0) is 19.8. The number of aromatic amines is 1. The van der Waals surface area contributed by atoms with E-state index < -0.39 is 12.0 Å². The number of hydrogen-bond donors (Lipinski definition) is 2. The average Bonchev–Trinajstić information content (AvgIpc) is 3.13. The Morgan fingerprint density at radius 2 is 2.11 bits per heavy atom. The van der Waals surface area contributed by atoms with Crippen LogP contribution in [-0.2, 0) is 13.0 Å². The summed E-state index contributed by atoms with van der Waals surface area (Å²) < 4.78 is 13.7. The number of fused-ring (bicyclic) bond motifs is 1. The third-order valence-electron chi connectivity index (χ3n) is 5.90. The fourth-order valence-electron chi connectivity index (χ4n) is 4.21. The molecule has 1 amide bonds. The predicted molar refractivity (Wildman–Crippen MR) is 104 cm³/mol. The fraction of sp³-hybridized carbons (Fsp3) is 0.500. The lowest BCUT2D eigenvalue weighted by Gasteiger charge is -2.33. The molecule has 0 aliphatic carbocycles. The molecule has 2 aromatic rings. The van der Waals surface area contributed by atoms with Crippen LogP contribution in [0.4, 0.5) is 4.39 Å². The van der Waals surface area contributed by atoms with Gasteiger partial charge in [-0.05, 0) is 43.7 Å². The van der Waals surface area contributed by atoms with Crippen LogP contribution in [0.5, 0.6) is 0 Å². The molecular weight excluding hydrogens is 383 g/mol. The van der Waals surface area contributed by atoms with Gasteiger partial charge in [-0.15, -0.1) is 0 Å². The SMILES string of the molecule is CC(O)N1CCc2c(C(=O)N3CCC(c4cccc(F)c4Cl)CC3)n[nH]c2C1. The standard InChI is InChI=1S/C20H24ClFN4O2/c1-12(27)26-10-7-15-17(11-26)23-24-19(15)20(28)25-8-5-13(6-9-25)14-3-2-4-16(22)18(14)21/h2-4,12-13,27H,5-11H2,1H3,(H,23,24). The number of nitrogens with zero attached hydrogens (tertiary/aromatic N) is 3.